The second kappa shape index (κ2) is 7.57. The maximum absolute atomic E-state index is 13.7. The summed E-state index contributed by atoms with van der Waals surface area (Å²) in [5.41, 5.74) is 0.774. The summed E-state index contributed by atoms with van der Waals surface area (Å²) in [6.45, 7) is 0. The van der Waals surface area contributed by atoms with Crippen LogP contribution >= 0.6 is 11.3 Å². The molecule has 152 valence electrons. The van der Waals surface area contributed by atoms with Crippen molar-refractivity contribution in [3.05, 3.63) is 94.1 Å². The lowest BCUT2D eigenvalue weighted by Crippen LogP contribution is -2.22. The topological polar surface area (TPSA) is 40.1 Å². The molecule has 0 amide bonds. The molecule has 0 fully saturated rings. The molecule has 1 heterocycles. The van der Waals surface area contributed by atoms with Crippen LogP contribution in [0.3, 0.4) is 0 Å². The molecule has 0 saturated carbocycles. The Morgan fingerprint density at radius 3 is 2.47 bits per heavy atom. The van der Waals surface area contributed by atoms with Crippen molar-refractivity contribution >= 4 is 27.4 Å². The smallest absolute Gasteiger partial charge is 0.416 e. The van der Waals surface area contributed by atoms with Gasteiger partial charge in [-0.2, -0.15) is 13.2 Å². The van der Waals surface area contributed by atoms with Crippen molar-refractivity contribution < 1.29 is 27.5 Å². The molecule has 2 nitrogen and oxygen atoms in total. The summed E-state index contributed by atoms with van der Waals surface area (Å²) in [5.74, 6) is -2.21. The lowest BCUT2D eigenvalue weighted by atomic mass is 10.0. The molecule has 0 aliphatic carbocycles. The number of alkyl halides is 3. The van der Waals surface area contributed by atoms with Crippen LogP contribution < -0.4 is 5.11 Å². The second-order valence-corrected chi connectivity index (χ2v) is 7.96. The van der Waals surface area contributed by atoms with Gasteiger partial charge in [0.15, 0.2) is 0 Å². The zero-order valence-corrected chi connectivity index (χ0v) is 16.1. The number of carbonyl (C=O) groups is 1. The average Bonchev–Trinajstić information content (AvgIpc) is 3.09. The van der Waals surface area contributed by atoms with Crippen LogP contribution in [-0.4, -0.2) is 5.97 Å². The fraction of sp³-hybridized carbons (Fsp3) is 0.0870. The lowest BCUT2D eigenvalue weighted by Gasteiger charge is -2.09. The number of rotatable bonds is 4. The molecule has 0 unspecified atom stereocenters. The highest BCUT2D eigenvalue weighted by Crippen LogP contribution is 2.37. The zero-order chi connectivity index (χ0) is 21.5. The van der Waals surface area contributed by atoms with Crippen molar-refractivity contribution in [2.24, 2.45) is 0 Å². The summed E-state index contributed by atoms with van der Waals surface area (Å²) in [7, 11) is 0. The maximum Gasteiger partial charge on any atom is 0.416 e. The van der Waals surface area contributed by atoms with E-state index in [9.17, 15) is 27.5 Å². The number of hydrogen-bond donors (Lipinski definition) is 0. The summed E-state index contributed by atoms with van der Waals surface area (Å²) < 4.78 is 53.5. The minimum absolute atomic E-state index is 0.0562. The van der Waals surface area contributed by atoms with Crippen LogP contribution in [0.1, 0.15) is 26.4 Å². The van der Waals surface area contributed by atoms with Gasteiger partial charge in [0, 0.05) is 16.0 Å². The van der Waals surface area contributed by atoms with Gasteiger partial charge in [0.2, 0.25) is 0 Å². The first kappa shape index (κ1) is 20.1. The Labute approximate surface area is 173 Å². The molecule has 0 N–H and O–H groups in total. The van der Waals surface area contributed by atoms with Crippen LogP contribution in [0.15, 0.2) is 66.7 Å². The van der Waals surface area contributed by atoms with Gasteiger partial charge in [0.25, 0.3) is 0 Å². The number of carbonyl (C=O) groups excluding carboxylic acids is 1. The van der Waals surface area contributed by atoms with E-state index in [2.05, 4.69) is 0 Å². The van der Waals surface area contributed by atoms with Crippen molar-refractivity contribution in [2.75, 3.05) is 0 Å². The standard InChI is InChI=1S/C23H14F4O2S/c24-18-8-13(7-17(12-18)23(25,26)27)9-19-11-15-4-2-6-20(21(15)30-19)14-3-1-5-16(10-14)22(28)29/h1-8,10-12H,9H2,(H,28,29)/p-1. The summed E-state index contributed by atoms with van der Waals surface area (Å²) in [6.07, 6.45) is -4.47. The molecule has 1 aromatic heterocycles. The largest absolute Gasteiger partial charge is 0.545 e. The minimum Gasteiger partial charge on any atom is -0.545 e. The van der Waals surface area contributed by atoms with Gasteiger partial charge >= 0.3 is 6.18 Å². The van der Waals surface area contributed by atoms with Gasteiger partial charge in [-0.05, 0) is 58.0 Å². The van der Waals surface area contributed by atoms with E-state index in [1.54, 1.807) is 12.1 Å². The Kier molecular flexibility index (Phi) is 5.07. The van der Waals surface area contributed by atoms with Crippen molar-refractivity contribution in [3.8, 4) is 11.1 Å². The van der Waals surface area contributed by atoms with Gasteiger partial charge in [-0.25, -0.2) is 4.39 Å². The molecule has 0 saturated heterocycles. The van der Waals surface area contributed by atoms with E-state index < -0.39 is 23.5 Å². The molecule has 4 aromatic rings. The van der Waals surface area contributed by atoms with Gasteiger partial charge in [0.1, 0.15) is 5.82 Å². The maximum atomic E-state index is 13.7. The van der Waals surface area contributed by atoms with Crippen molar-refractivity contribution in [1.82, 2.24) is 0 Å². The Morgan fingerprint density at radius 2 is 1.73 bits per heavy atom. The zero-order valence-electron chi connectivity index (χ0n) is 15.3. The number of hydrogen-bond acceptors (Lipinski definition) is 3. The molecule has 0 aliphatic rings. The summed E-state index contributed by atoms with van der Waals surface area (Å²) in [6, 6.07) is 16.3. The fourth-order valence-electron chi connectivity index (χ4n) is 3.36. The highest BCUT2D eigenvalue weighted by molar-refractivity contribution is 7.19. The van der Waals surface area contributed by atoms with E-state index in [4.69, 9.17) is 0 Å². The number of carboxylic acid groups (broad SMARTS) is 1. The van der Waals surface area contributed by atoms with E-state index >= 15 is 0 Å². The summed E-state index contributed by atoms with van der Waals surface area (Å²) in [5, 5.41) is 12.0. The molecule has 0 atom stereocenters. The number of benzene rings is 3. The van der Waals surface area contributed by atoms with Crippen molar-refractivity contribution in [1.29, 1.82) is 0 Å². The molecule has 0 aliphatic heterocycles. The second-order valence-electron chi connectivity index (χ2n) is 6.83. The first-order chi connectivity index (χ1) is 14.2. The number of carboxylic acids is 1. The Bertz CT molecular complexity index is 1260. The van der Waals surface area contributed by atoms with E-state index in [0.717, 1.165) is 32.7 Å². The number of aromatic carboxylic acids is 1. The van der Waals surface area contributed by atoms with Gasteiger partial charge < -0.3 is 9.90 Å². The van der Waals surface area contributed by atoms with E-state index in [0.29, 0.717) is 11.6 Å². The molecule has 30 heavy (non-hydrogen) atoms. The molecular weight excluding hydrogens is 416 g/mol. The van der Waals surface area contributed by atoms with Crippen LogP contribution in [0.4, 0.5) is 17.6 Å². The van der Waals surface area contributed by atoms with Crippen LogP contribution in [0.2, 0.25) is 0 Å². The van der Waals surface area contributed by atoms with Crippen molar-refractivity contribution in [3.63, 3.8) is 0 Å². The predicted octanol–water partition coefficient (Wildman–Crippen LogP) is 5.68. The van der Waals surface area contributed by atoms with Gasteiger partial charge in [-0.1, -0.05) is 36.4 Å². The van der Waals surface area contributed by atoms with E-state index in [1.165, 1.54) is 23.5 Å². The van der Waals surface area contributed by atoms with Gasteiger partial charge in [-0.15, -0.1) is 11.3 Å². The lowest BCUT2D eigenvalue weighted by molar-refractivity contribution is -0.255. The highest BCUT2D eigenvalue weighted by atomic mass is 32.1. The number of thiophene rings is 1. The van der Waals surface area contributed by atoms with Crippen LogP contribution in [0.5, 0.6) is 0 Å². The normalized spacial score (nSPS) is 11.7. The predicted molar refractivity (Wildman–Crippen MR) is 106 cm³/mol. The van der Waals surface area contributed by atoms with Crippen LogP contribution in [-0.2, 0) is 12.6 Å². The SMILES string of the molecule is O=C([O-])c1cccc(-c2cccc3cc(Cc4cc(F)cc(C(F)(F)F)c4)sc23)c1. The van der Waals surface area contributed by atoms with Crippen molar-refractivity contribution in [2.45, 2.75) is 12.6 Å². The average molecular weight is 429 g/mol. The molecular formula is C23H13F4O2S-. The quantitative estimate of drug-likeness (QED) is 0.392. The molecule has 7 heteroatoms. The third kappa shape index (κ3) is 4.07. The molecule has 4 rings (SSSR count). The summed E-state index contributed by atoms with van der Waals surface area (Å²) >= 11 is 1.38. The molecule has 0 bridgehead atoms. The first-order valence-electron chi connectivity index (χ1n) is 8.90. The Morgan fingerprint density at radius 1 is 0.967 bits per heavy atom. The van der Waals surface area contributed by atoms with Gasteiger partial charge in [0.05, 0.1) is 11.5 Å². The Balaban J connectivity index is 1.74. The third-order valence-electron chi connectivity index (χ3n) is 4.67. The van der Waals surface area contributed by atoms with E-state index in [-0.39, 0.29) is 17.5 Å². The van der Waals surface area contributed by atoms with Crippen LogP contribution in [0, 0.1) is 5.82 Å². The highest BCUT2D eigenvalue weighted by Gasteiger charge is 2.31. The number of halogens is 4. The summed E-state index contributed by atoms with van der Waals surface area (Å²) in [4.78, 5) is 11.9. The third-order valence-corrected chi connectivity index (χ3v) is 5.85. The monoisotopic (exact) mass is 429 g/mol. The fourth-order valence-corrected chi connectivity index (χ4v) is 4.59. The van der Waals surface area contributed by atoms with Gasteiger partial charge in [-0.3, -0.25) is 0 Å². The number of fused-ring (bicyclic) bond motifs is 1. The Hall–Kier alpha value is -3.19. The molecule has 0 radical (unpaired) electrons. The van der Waals surface area contributed by atoms with Crippen LogP contribution in [0.25, 0.3) is 21.2 Å². The minimum atomic E-state index is -4.62. The molecule has 3 aromatic carbocycles. The molecule has 0 spiro atoms. The first-order valence-corrected chi connectivity index (χ1v) is 9.72. The van der Waals surface area contributed by atoms with E-state index in [1.807, 2.05) is 24.3 Å².